The van der Waals surface area contributed by atoms with Crippen LogP contribution in [-0.2, 0) is 14.6 Å². The molecule has 1 unspecified atom stereocenters. The normalized spacial score (nSPS) is 29.2. The molecule has 0 aromatic heterocycles. The van der Waals surface area contributed by atoms with Gasteiger partial charge in [-0.1, -0.05) is 6.92 Å². The molecular formula is C12H22N2O3S. The van der Waals surface area contributed by atoms with E-state index in [4.69, 9.17) is 0 Å². The van der Waals surface area contributed by atoms with Crippen molar-refractivity contribution in [3.8, 4) is 0 Å². The van der Waals surface area contributed by atoms with E-state index in [1.165, 1.54) is 0 Å². The van der Waals surface area contributed by atoms with Gasteiger partial charge in [0.25, 0.3) is 0 Å². The van der Waals surface area contributed by atoms with Crippen LogP contribution in [-0.4, -0.2) is 68.4 Å². The Balaban J connectivity index is 1.92. The van der Waals surface area contributed by atoms with Crippen molar-refractivity contribution < 1.29 is 13.2 Å². The molecule has 6 heteroatoms. The van der Waals surface area contributed by atoms with E-state index in [1.54, 1.807) is 0 Å². The van der Waals surface area contributed by atoms with Gasteiger partial charge in [0.1, 0.15) is 0 Å². The number of carbonyl (C=O) groups is 1. The Hall–Kier alpha value is -0.620. The van der Waals surface area contributed by atoms with Crippen molar-refractivity contribution in [2.75, 3.05) is 44.2 Å². The third-order valence-electron chi connectivity index (χ3n) is 3.94. The summed E-state index contributed by atoms with van der Waals surface area (Å²) < 4.78 is 23.1. The molecule has 5 nitrogen and oxygen atoms in total. The first-order chi connectivity index (χ1) is 8.52. The second-order valence-electron chi connectivity index (χ2n) is 5.21. The van der Waals surface area contributed by atoms with Gasteiger partial charge in [-0.15, -0.1) is 0 Å². The van der Waals surface area contributed by atoms with E-state index in [0.717, 1.165) is 39.1 Å². The lowest BCUT2D eigenvalue weighted by Crippen LogP contribution is -2.51. The number of likely N-dealkylation sites (N-methyl/N-ethyl adjacent to an activating group) is 1. The summed E-state index contributed by atoms with van der Waals surface area (Å²) in [6, 6.07) is 0. The minimum Gasteiger partial charge on any atom is -0.340 e. The van der Waals surface area contributed by atoms with Crippen LogP contribution in [0.5, 0.6) is 0 Å². The Morgan fingerprint density at radius 3 is 2.44 bits per heavy atom. The quantitative estimate of drug-likeness (QED) is 0.710. The Morgan fingerprint density at radius 1 is 1.22 bits per heavy atom. The predicted octanol–water partition coefficient (Wildman–Crippen LogP) is -0.0247. The van der Waals surface area contributed by atoms with E-state index in [9.17, 15) is 13.2 Å². The molecule has 0 radical (unpaired) electrons. The van der Waals surface area contributed by atoms with Crippen LogP contribution in [0.3, 0.4) is 0 Å². The van der Waals surface area contributed by atoms with Gasteiger partial charge in [0, 0.05) is 26.2 Å². The molecule has 0 N–H and O–H groups in total. The molecule has 2 rings (SSSR count). The Morgan fingerprint density at radius 2 is 1.89 bits per heavy atom. The minimum absolute atomic E-state index is 0.0500. The highest BCUT2D eigenvalue weighted by atomic mass is 32.2. The van der Waals surface area contributed by atoms with Crippen molar-refractivity contribution in [2.45, 2.75) is 19.8 Å². The summed E-state index contributed by atoms with van der Waals surface area (Å²) in [5.74, 6) is 0.0613. The van der Waals surface area contributed by atoms with Gasteiger partial charge in [0.15, 0.2) is 9.84 Å². The highest BCUT2D eigenvalue weighted by molar-refractivity contribution is 7.91. The summed E-state index contributed by atoms with van der Waals surface area (Å²) in [5, 5.41) is 0. The number of carbonyl (C=O) groups excluding carboxylic acids is 1. The van der Waals surface area contributed by atoms with Crippen LogP contribution in [0.15, 0.2) is 0 Å². The first kappa shape index (κ1) is 13.8. The maximum atomic E-state index is 12.3. The Labute approximate surface area is 109 Å². The maximum absolute atomic E-state index is 12.3. The van der Waals surface area contributed by atoms with E-state index in [1.807, 2.05) is 4.90 Å². The van der Waals surface area contributed by atoms with Crippen molar-refractivity contribution in [1.82, 2.24) is 9.80 Å². The molecule has 2 heterocycles. The summed E-state index contributed by atoms with van der Waals surface area (Å²) >= 11 is 0. The molecule has 0 aromatic rings. The monoisotopic (exact) mass is 274 g/mol. The van der Waals surface area contributed by atoms with Crippen molar-refractivity contribution in [2.24, 2.45) is 5.92 Å². The third kappa shape index (κ3) is 3.23. The lowest BCUT2D eigenvalue weighted by atomic mass is 10.0. The Kier molecular flexibility index (Phi) is 4.27. The number of rotatable bonds is 2. The van der Waals surface area contributed by atoms with E-state index in [-0.39, 0.29) is 23.3 Å². The molecule has 2 fully saturated rings. The topological polar surface area (TPSA) is 57.7 Å². The number of hydrogen-bond donors (Lipinski definition) is 0. The second-order valence-corrected chi connectivity index (χ2v) is 7.44. The minimum atomic E-state index is -2.99. The van der Waals surface area contributed by atoms with Gasteiger partial charge in [0.05, 0.1) is 17.4 Å². The molecule has 0 bridgehead atoms. The van der Waals surface area contributed by atoms with Gasteiger partial charge in [0.2, 0.25) is 5.91 Å². The molecule has 18 heavy (non-hydrogen) atoms. The van der Waals surface area contributed by atoms with Gasteiger partial charge in [-0.25, -0.2) is 8.42 Å². The van der Waals surface area contributed by atoms with Crippen LogP contribution in [0.4, 0.5) is 0 Å². The molecule has 0 spiro atoms. The average Bonchev–Trinajstić information content (AvgIpc) is 2.37. The van der Waals surface area contributed by atoms with Gasteiger partial charge in [-0.3, -0.25) is 4.79 Å². The number of amides is 1. The van der Waals surface area contributed by atoms with E-state index in [2.05, 4.69) is 11.8 Å². The number of hydrogen-bond acceptors (Lipinski definition) is 4. The van der Waals surface area contributed by atoms with Crippen LogP contribution in [0.2, 0.25) is 0 Å². The summed E-state index contributed by atoms with van der Waals surface area (Å²) in [7, 11) is -2.99. The first-order valence-corrected chi connectivity index (χ1v) is 8.55. The number of nitrogens with zero attached hydrogens (tertiary/aromatic N) is 2. The largest absolute Gasteiger partial charge is 0.340 e. The van der Waals surface area contributed by atoms with Gasteiger partial charge < -0.3 is 9.80 Å². The average molecular weight is 274 g/mol. The Bertz CT molecular complexity index is 400. The molecule has 2 aliphatic rings. The summed E-state index contributed by atoms with van der Waals surface area (Å²) in [4.78, 5) is 16.4. The van der Waals surface area contributed by atoms with E-state index in [0.29, 0.717) is 6.42 Å². The van der Waals surface area contributed by atoms with Crippen molar-refractivity contribution >= 4 is 15.7 Å². The summed E-state index contributed by atoms with van der Waals surface area (Å²) in [6.45, 7) is 6.42. The smallest absolute Gasteiger partial charge is 0.226 e. The van der Waals surface area contributed by atoms with Crippen LogP contribution in [0.25, 0.3) is 0 Å². The third-order valence-corrected chi connectivity index (χ3v) is 5.76. The molecule has 0 saturated carbocycles. The number of sulfone groups is 1. The zero-order chi connectivity index (χ0) is 13.2. The maximum Gasteiger partial charge on any atom is 0.226 e. The first-order valence-electron chi connectivity index (χ1n) is 6.73. The molecule has 0 aliphatic carbocycles. The zero-order valence-corrected chi connectivity index (χ0v) is 11.8. The fraction of sp³-hybridized carbons (Fsp3) is 0.917. The van der Waals surface area contributed by atoms with E-state index < -0.39 is 9.84 Å². The predicted molar refractivity (Wildman–Crippen MR) is 70.1 cm³/mol. The van der Waals surface area contributed by atoms with Gasteiger partial charge in [-0.05, 0) is 19.4 Å². The fourth-order valence-electron chi connectivity index (χ4n) is 2.76. The molecule has 104 valence electrons. The molecule has 2 aliphatic heterocycles. The summed E-state index contributed by atoms with van der Waals surface area (Å²) in [5.41, 5.74) is 0. The molecule has 2 saturated heterocycles. The molecule has 1 atom stereocenters. The standard InChI is InChI=1S/C12H22N2O3S/c1-2-13-5-7-14(8-6-13)12(15)11-4-3-9-18(16,17)10-11/h11H,2-10H2,1H3. The van der Waals surface area contributed by atoms with Crippen molar-refractivity contribution in [3.05, 3.63) is 0 Å². The van der Waals surface area contributed by atoms with Crippen LogP contribution in [0.1, 0.15) is 19.8 Å². The number of piperazine rings is 1. The highest BCUT2D eigenvalue weighted by Crippen LogP contribution is 2.21. The molecular weight excluding hydrogens is 252 g/mol. The van der Waals surface area contributed by atoms with Crippen LogP contribution in [0, 0.1) is 5.92 Å². The van der Waals surface area contributed by atoms with Gasteiger partial charge >= 0.3 is 0 Å². The van der Waals surface area contributed by atoms with Crippen LogP contribution >= 0.6 is 0 Å². The lowest BCUT2D eigenvalue weighted by Gasteiger charge is -2.36. The van der Waals surface area contributed by atoms with Crippen molar-refractivity contribution in [1.29, 1.82) is 0 Å². The highest BCUT2D eigenvalue weighted by Gasteiger charge is 2.33. The van der Waals surface area contributed by atoms with E-state index >= 15 is 0 Å². The molecule has 1 amide bonds. The van der Waals surface area contributed by atoms with Gasteiger partial charge in [-0.2, -0.15) is 0 Å². The molecule has 0 aromatic carbocycles. The SMILES string of the molecule is CCN1CCN(C(=O)C2CCCS(=O)(=O)C2)CC1. The van der Waals surface area contributed by atoms with Crippen LogP contribution < -0.4 is 0 Å². The summed E-state index contributed by atoms with van der Waals surface area (Å²) in [6.07, 6.45) is 1.36. The lowest BCUT2D eigenvalue weighted by molar-refractivity contribution is -0.136. The second kappa shape index (κ2) is 5.57. The fourth-order valence-corrected chi connectivity index (χ4v) is 4.46. The van der Waals surface area contributed by atoms with Crippen molar-refractivity contribution in [3.63, 3.8) is 0 Å². The zero-order valence-electron chi connectivity index (χ0n) is 11.0.